The fourth-order valence-electron chi connectivity index (χ4n) is 2.70. The first-order valence-electron chi connectivity index (χ1n) is 9.02. The minimum atomic E-state index is -3.55. The molecule has 0 aliphatic rings. The van der Waals surface area contributed by atoms with Crippen molar-refractivity contribution in [2.24, 2.45) is 0 Å². The summed E-state index contributed by atoms with van der Waals surface area (Å²) in [6.07, 6.45) is 3.12. The molecule has 0 fully saturated rings. The number of aromatic nitrogens is 1. The first-order valence-corrected chi connectivity index (χ1v) is 10.5. The zero-order valence-electron chi connectivity index (χ0n) is 16.0. The maximum Gasteiger partial charge on any atom is 0.243 e. The molecule has 1 aromatic heterocycles. The standard InChI is InChI=1S/C20H28N2O3S/c1-5-13-22(14-11-18-8-6-7-12-21-18)26(23,24)19-9-10-20(17(4)15-19)25-16(2)3/h6-10,12,15-16H,5,11,13-14H2,1-4H3. The van der Waals surface area contributed by atoms with Gasteiger partial charge in [0.2, 0.25) is 10.0 Å². The largest absolute Gasteiger partial charge is 0.491 e. The Balaban J connectivity index is 2.22. The highest BCUT2D eigenvalue weighted by Crippen LogP contribution is 2.25. The lowest BCUT2D eigenvalue weighted by Crippen LogP contribution is -2.33. The van der Waals surface area contributed by atoms with Gasteiger partial charge in [-0.05, 0) is 63.1 Å². The first kappa shape index (κ1) is 20.4. The van der Waals surface area contributed by atoms with Crippen LogP contribution in [0.1, 0.15) is 38.4 Å². The minimum Gasteiger partial charge on any atom is -0.491 e. The molecular weight excluding hydrogens is 348 g/mol. The van der Waals surface area contributed by atoms with Gasteiger partial charge in [0.25, 0.3) is 0 Å². The Labute approximate surface area is 157 Å². The third-order valence-corrected chi connectivity index (χ3v) is 5.86. The number of aryl methyl sites for hydroxylation is 1. The second-order valence-electron chi connectivity index (χ2n) is 6.57. The van der Waals surface area contributed by atoms with E-state index in [9.17, 15) is 8.42 Å². The zero-order valence-corrected chi connectivity index (χ0v) is 16.8. The number of nitrogens with zero attached hydrogens (tertiary/aromatic N) is 2. The van der Waals surface area contributed by atoms with Crippen LogP contribution in [0, 0.1) is 6.92 Å². The summed E-state index contributed by atoms with van der Waals surface area (Å²) in [5.74, 6) is 0.717. The molecular formula is C20H28N2O3S. The molecule has 26 heavy (non-hydrogen) atoms. The molecule has 0 spiro atoms. The van der Waals surface area contributed by atoms with Crippen LogP contribution < -0.4 is 4.74 Å². The molecule has 2 aromatic rings. The van der Waals surface area contributed by atoms with Crippen molar-refractivity contribution in [3.05, 3.63) is 53.9 Å². The van der Waals surface area contributed by atoms with E-state index in [0.29, 0.717) is 24.4 Å². The molecule has 0 unspecified atom stereocenters. The Bertz CT molecular complexity index is 805. The van der Waals surface area contributed by atoms with Crippen LogP contribution in [-0.2, 0) is 16.4 Å². The van der Waals surface area contributed by atoms with Crippen LogP contribution in [-0.4, -0.2) is 36.9 Å². The number of hydrogen-bond acceptors (Lipinski definition) is 4. The van der Waals surface area contributed by atoms with Crippen LogP contribution in [0.15, 0.2) is 47.5 Å². The predicted octanol–water partition coefficient (Wildman–Crippen LogP) is 3.82. The third kappa shape index (κ3) is 5.29. The fraction of sp³-hybridized carbons (Fsp3) is 0.450. The summed E-state index contributed by atoms with van der Waals surface area (Å²) in [6, 6.07) is 10.7. The summed E-state index contributed by atoms with van der Waals surface area (Å²) < 4.78 is 33.4. The van der Waals surface area contributed by atoms with Gasteiger partial charge in [0.05, 0.1) is 11.0 Å². The molecule has 142 valence electrons. The molecule has 1 heterocycles. The molecule has 0 saturated carbocycles. The topological polar surface area (TPSA) is 59.5 Å². The average molecular weight is 377 g/mol. The number of ether oxygens (including phenoxy) is 1. The molecule has 0 aliphatic carbocycles. The maximum absolute atomic E-state index is 13.1. The van der Waals surface area contributed by atoms with Crippen molar-refractivity contribution in [3.8, 4) is 5.75 Å². The number of hydrogen-bond donors (Lipinski definition) is 0. The smallest absolute Gasteiger partial charge is 0.243 e. The van der Waals surface area contributed by atoms with Crippen molar-refractivity contribution < 1.29 is 13.2 Å². The molecule has 2 rings (SSSR count). The summed E-state index contributed by atoms with van der Waals surface area (Å²) in [5.41, 5.74) is 1.71. The minimum absolute atomic E-state index is 0.0473. The van der Waals surface area contributed by atoms with Gasteiger partial charge < -0.3 is 4.74 Å². The van der Waals surface area contributed by atoms with E-state index in [1.165, 1.54) is 0 Å². The summed E-state index contributed by atoms with van der Waals surface area (Å²) in [6.45, 7) is 8.65. The van der Waals surface area contributed by atoms with Gasteiger partial charge in [0.15, 0.2) is 0 Å². The normalized spacial score (nSPS) is 11.9. The second kappa shape index (κ2) is 9.14. The van der Waals surface area contributed by atoms with Gasteiger partial charge in [-0.3, -0.25) is 4.98 Å². The van der Waals surface area contributed by atoms with Gasteiger partial charge in [-0.25, -0.2) is 8.42 Å². The first-order chi connectivity index (χ1) is 12.3. The van der Waals surface area contributed by atoms with E-state index < -0.39 is 10.0 Å². The van der Waals surface area contributed by atoms with E-state index in [1.807, 2.05) is 45.9 Å². The molecule has 6 heteroatoms. The van der Waals surface area contributed by atoms with E-state index in [4.69, 9.17) is 4.74 Å². The summed E-state index contributed by atoms with van der Waals surface area (Å²) in [5, 5.41) is 0. The number of sulfonamides is 1. The molecule has 0 N–H and O–H groups in total. The van der Waals surface area contributed by atoms with Gasteiger partial charge in [0.1, 0.15) is 5.75 Å². The molecule has 1 aromatic carbocycles. The predicted molar refractivity (Wildman–Crippen MR) is 104 cm³/mol. The Morgan fingerprint density at radius 1 is 1.15 bits per heavy atom. The lowest BCUT2D eigenvalue weighted by molar-refractivity contribution is 0.240. The molecule has 0 bridgehead atoms. The quantitative estimate of drug-likeness (QED) is 0.667. The molecule has 0 aliphatic heterocycles. The van der Waals surface area contributed by atoms with E-state index in [1.54, 1.807) is 28.7 Å². The molecule has 5 nitrogen and oxygen atoms in total. The van der Waals surface area contributed by atoms with Crippen molar-refractivity contribution in [1.82, 2.24) is 9.29 Å². The number of benzene rings is 1. The Hall–Kier alpha value is -1.92. The van der Waals surface area contributed by atoms with Crippen LogP contribution in [0.5, 0.6) is 5.75 Å². The lowest BCUT2D eigenvalue weighted by atomic mass is 10.2. The Kier molecular flexibility index (Phi) is 7.17. The Morgan fingerprint density at radius 3 is 2.50 bits per heavy atom. The number of pyridine rings is 1. The van der Waals surface area contributed by atoms with Gasteiger partial charge in [-0.2, -0.15) is 4.31 Å². The van der Waals surface area contributed by atoms with Crippen molar-refractivity contribution >= 4 is 10.0 Å². The van der Waals surface area contributed by atoms with Gasteiger partial charge in [-0.1, -0.05) is 13.0 Å². The van der Waals surface area contributed by atoms with Gasteiger partial charge >= 0.3 is 0 Å². The van der Waals surface area contributed by atoms with Crippen LogP contribution >= 0.6 is 0 Å². The highest BCUT2D eigenvalue weighted by molar-refractivity contribution is 7.89. The van der Waals surface area contributed by atoms with E-state index in [0.717, 1.165) is 23.4 Å². The van der Waals surface area contributed by atoms with Crippen LogP contribution in [0.4, 0.5) is 0 Å². The SMILES string of the molecule is CCCN(CCc1ccccn1)S(=O)(=O)c1ccc(OC(C)C)c(C)c1. The van der Waals surface area contributed by atoms with Gasteiger partial charge in [-0.15, -0.1) is 0 Å². The van der Waals surface area contributed by atoms with Crippen LogP contribution in [0.25, 0.3) is 0 Å². The number of rotatable bonds is 9. The highest BCUT2D eigenvalue weighted by atomic mass is 32.2. The van der Waals surface area contributed by atoms with E-state index in [2.05, 4.69) is 4.98 Å². The maximum atomic E-state index is 13.1. The summed E-state index contributed by atoms with van der Waals surface area (Å²) in [7, 11) is -3.55. The van der Waals surface area contributed by atoms with Crippen LogP contribution in [0.2, 0.25) is 0 Å². The third-order valence-electron chi connectivity index (χ3n) is 3.96. The fourth-order valence-corrected chi connectivity index (χ4v) is 4.32. The van der Waals surface area contributed by atoms with E-state index >= 15 is 0 Å². The molecule has 0 radical (unpaired) electrons. The lowest BCUT2D eigenvalue weighted by Gasteiger charge is -2.22. The summed E-state index contributed by atoms with van der Waals surface area (Å²) >= 11 is 0. The monoisotopic (exact) mass is 376 g/mol. The van der Waals surface area contributed by atoms with Crippen molar-refractivity contribution in [2.45, 2.75) is 51.5 Å². The van der Waals surface area contributed by atoms with E-state index in [-0.39, 0.29) is 6.10 Å². The highest BCUT2D eigenvalue weighted by Gasteiger charge is 2.24. The van der Waals surface area contributed by atoms with Crippen molar-refractivity contribution in [3.63, 3.8) is 0 Å². The van der Waals surface area contributed by atoms with Gasteiger partial charge in [0, 0.05) is 31.4 Å². The summed E-state index contributed by atoms with van der Waals surface area (Å²) in [4.78, 5) is 4.59. The Morgan fingerprint density at radius 2 is 1.92 bits per heavy atom. The molecule has 0 saturated heterocycles. The van der Waals surface area contributed by atoms with Crippen molar-refractivity contribution in [1.29, 1.82) is 0 Å². The average Bonchev–Trinajstić information content (AvgIpc) is 2.60. The second-order valence-corrected chi connectivity index (χ2v) is 8.51. The molecule has 0 atom stereocenters. The van der Waals surface area contributed by atoms with Crippen molar-refractivity contribution in [2.75, 3.05) is 13.1 Å². The molecule has 0 amide bonds. The van der Waals surface area contributed by atoms with Crippen LogP contribution in [0.3, 0.4) is 0 Å². The zero-order chi connectivity index (χ0) is 19.2.